The standard InChI is InChI=1S/C4H10N6/c5-3(6)8-4(7)9-10-1-2-10/h1-2H2,(H6,5,6,7,8,9). The molecule has 6 nitrogen and oxygen atoms in total. The van der Waals surface area contributed by atoms with Gasteiger partial charge in [0.1, 0.15) is 0 Å². The summed E-state index contributed by atoms with van der Waals surface area (Å²) in [7, 11) is 0. The Balaban J connectivity index is 2.46. The third kappa shape index (κ3) is 2.21. The fourth-order valence-corrected chi connectivity index (χ4v) is 0.444. The first-order valence-corrected chi connectivity index (χ1v) is 2.87. The highest BCUT2D eigenvalue weighted by atomic mass is 15.6. The molecule has 0 saturated carbocycles. The van der Waals surface area contributed by atoms with Gasteiger partial charge in [-0.25, -0.2) is 0 Å². The van der Waals surface area contributed by atoms with Crippen molar-refractivity contribution in [3.05, 3.63) is 0 Å². The Morgan fingerprint density at radius 3 is 2.20 bits per heavy atom. The second-order valence-electron chi connectivity index (χ2n) is 1.95. The van der Waals surface area contributed by atoms with Gasteiger partial charge in [-0.2, -0.15) is 4.99 Å². The number of guanidine groups is 2. The van der Waals surface area contributed by atoms with E-state index in [0.29, 0.717) is 0 Å². The Hall–Kier alpha value is -1.46. The molecule has 0 unspecified atom stereocenters. The van der Waals surface area contributed by atoms with Gasteiger partial charge >= 0.3 is 0 Å². The van der Waals surface area contributed by atoms with E-state index in [4.69, 9.17) is 17.2 Å². The molecule has 56 valence electrons. The molecule has 0 atom stereocenters. The van der Waals surface area contributed by atoms with Crippen molar-refractivity contribution in [3.63, 3.8) is 0 Å². The normalized spacial score (nSPS) is 16.8. The molecule has 1 fully saturated rings. The molecule has 1 saturated heterocycles. The Kier molecular flexibility index (Phi) is 1.61. The van der Waals surface area contributed by atoms with Crippen LogP contribution in [-0.2, 0) is 0 Å². The average Bonchev–Trinajstić information content (AvgIpc) is 2.46. The van der Waals surface area contributed by atoms with Gasteiger partial charge < -0.3 is 17.2 Å². The number of hydrazone groups is 1. The van der Waals surface area contributed by atoms with Crippen LogP contribution in [0.3, 0.4) is 0 Å². The van der Waals surface area contributed by atoms with Crippen LogP contribution in [-0.4, -0.2) is 30.0 Å². The summed E-state index contributed by atoms with van der Waals surface area (Å²) in [6, 6.07) is 0. The van der Waals surface area contributed by atoms with Gasteiger partial charge in [-0.15, -0.1) is 5.10 Å². The third-order valence-corrected chi connectivity index (χ3v) is 0.911. The highest BCUT2D eigenvalue weighted by Crippen LogP contribution is 2.02. The predicted octanol–water partition coefficient (Wildman–Crippen LogP) is -2.19. The molecule has 0 spiro atoms. The van der Waals surface area contributed by atoms with E-state index in [2.05, 4.69) is 10.1 Å². The van der Waals surface area contributed by atoms with E-state index in [1.54, 1.807) is 5.01 Å². The predicted molar refractivity (Wildman–Crippen MR) is 39.0 cm³/mol. The van der Waals surface area contributed by atoms with E-state index < -0.39 is 0 Å². The van der Waals surface area contributed by atoms with E-state index in [1.165, 1.54) is 0 Å². The molecule has 6 N–H and O–H groups in total. The van der Waals surface area contributed by atoms with Crippen molar-refractivity contribution in [3.8, 4) is 0 Å². The minimum Gasteiger partial charge on any atom is -0.370 e. The van der Waals surface area contributed by atoms with Crippen molar-refractivity contribution in [1.82, 2.24) is 5.01 Å². The minimum absolute atomic E-state index is 0.0666. The molecule has 1 aliphatic rings. The maximum absolute atomic E-state index is 5.28. The van der Waals surface area contributed by atoms with Crippen molar-refractivity contribution in [2.24, 2.45) is 27.3 Å². The highest BCUT2D eigenvalue weighted by molar-refractivity contribution is 5.92. The number of aliphatic imine (C=N–C) groups is 1. The minimum atomic E-state index is -0.0666. The molecule has 6 heteroatoms. The molecular formula is C4H10N6. The summed E-state index contributed by atoms with van der Waals surface area (Å²) in [6.45, 7) is 1.86. The molecule has 0 aliphatic carbocycles. The van der Waals surface area contributed by atoms with Gasteiger partial charge in [0.15, 0.2) is 5.96 Å². The highest BCUT2D eigenvalue weighted by Gasteiger charge is 2.14. The molecule has 0 aromatic heterocycles. The van der Waals surface area contributed by atoms with E-state index in [9.17, 15) is 0 Å². The van der Waals surface area contributed by atoms with Gasteiger partial charge in [0.2, 0.25) is 5.96 Å². The zero-order valence-electron chi connectivity index (χ0n) is 5.49. The molecule has 1 rings (SSSR count). The Morgan fingerprint density at radius 1 is 1.20 bits per heavy atom. The second-order valence-corrected chi connectivity index (χ2v) is 1.95. The van der Waals surface area contributed by atoms with E-state index in [1.807, 2.05) is 0 Å². The first-order chi connectivity index (χ1) is 4.68. The van der Waals surface area contributed by atoms with Crippen LogP contribution in [0.25, 0.3) is 0 Å². The summed E-state index contributed by atoms with van der Waals surface area (Å²) in [5.41, 5.74) is 15.4. The number of nitrogens with two attached hydrogens (primary N) is 3. The van der Waals surface area contributed by atoms with Crippen LogP contribution < -0.4 is 17.2 Å². The molecule has 0 bridgehead atoms. The lowest BCUT2D eigenvalue weighted by atomic mass is 10.9. The number of rotatable bonds is 1. The smallest absolute Gasteiger partial charge is 0.240 e. The molecule has 0 aromatic carbocycles. The summed E-state index contributed by atoms with van der Waals surface area (Å²) in [5, 5.41) is 5.56. The Morgan fingerprint density at radius 2 is 1.80 bits per heavy atom. The van der Waals surface area contributed by atoms with Gasteiger partial charge in [0.05, 0.1) is 13.1 Å². The summed E-state index contributed by atoms with van der Waals surface area (Å²) in [4.78, 5) is 3.52. The van der Waals surface area contributed by atoms with Crippen LogP contribution >= 0.6 is 0 Å². The van der Waals surface area contributed by atoms with Crippen molar-refractivity contribution >= 4 is 11.9 Å². The number of nitrogens with zero attached hydrogens (tertiary/aromatic N) is 3. The number of hydrogen-bond donors (Lipinski definition) is 3. The Bertz CT molecular complexity index is 174. The van der Waals surface area contributed by atoms with Crippen LogP contribution in [0.4, 0.5) is 0 Å². The summed E-state index contributed by atoms with van der Waals surface area (Å²) >= 11 is 0. The maximum Gasteiger partial charge on any atom is 0.240 e. The van der Waals surface area contributed by atoms with Gasteiger partial charge in [0, 0.05) is 0 Å². The fraction of sp³-hybridized carbons (Fsp3) is 0.500. The largest absolute Gasteiger partial charge is 0.370 e. The molecular weight excluding hydrogens is 132 g/mol. The zero-order chi connectivity index (χ0) is 7.56. The van der Waals surface area contributed by atoms with E-state index in [-0.39, 0.29) is 11.9 Å². The second kappa shape index (κ2) is 2.42. The quantitative estimate of drug-likeness (QED) is 0.219. The van der Waals surface area contributed by atoms with Gasteiger partial charge in [0.25, 0.3) is 0 Å². The van der Waals surface area contributed by atoms with Crippen LogP contribution in [0.2, 0.25) is 0 Å². The lowest BCUT2D eigenvalue weighted by Gasteiger charge is -1.93. The lowest BCUT2D eigenvalue weighted by molar-refractivity contribution is 0.605. The van der Waals surface area contributed by atoms with Crippen LogP contribution in [0.5, 0.6) is 0 Å². The van der Waals surface area contributed by atoms with Gasteiger partial charge in [-0.1, -0.05) is 0 Å². The van der Waals surface area contributed by atoms with Gasteiger partial charge in [-0.05, 0) is 0 Å². The van der Waals surface area contributed by atoms with Crippen molar-refractivity contribution in [2.75, 3.05) is 13.1 Å². The topological polar surface area (TPSA) is 106 Å². The maximum atomic E-state index is 5.28. The summed E-state index contributed by atoms with van der Waals surface area (Å²) < 4.78 is 0. The van der Waals surface area contributed by atoms with Gasteiger partial charge in [-0.3, -0.25) is 5.01 Å². The molecule has 0 amide bonds. The van der Waals surface area contributed by atoms with Crippen molar-refractivity contribution < 1.29 is 0 Å². The molecule has 0 aromatic rings. The number of hydrogen-bond acceptors (Lipinski definition) is 2. The average molecular weight is 142 g/mol. The Labute approximate surface area is 58.4 Å². The lowest BCUT2D eigenvalue weighted by Crippen LogP contribution is -2.26. The first-order valence-electron chi connectivity index (χ1n) is 2.87. The summed E-state index contributed by atoms with van der Waals surface area (Å²) in [5.74, 6) is 0.0422. The molecule has 0 radical (unpaired) electrons. The van der Waals surface area contributed by atoms with Crippen LogP contribution in [0.15, 0.2) is 10.1 Å². The fourth-order valence-electron chi connectivity index (χ4n) is 0.444. The van der Waals surface area contributed by atoms with Crippen LogP contribution in [0.1, 0.15) is 0 Å². The van der Waals surface area contributed by atoms with Crippen LogP contribution in [0, 0.1) is 0 Å². The molecule has 10 heavy (non-hydrogen) atoms. The first kappa shape index (κ1) is 6.66. The monoisotopic (exact) mass is 142 g/mol. The molecule has 1 aliphatic heterocycles. The van der Waals surface area contributed by atoms with E-state index in [0.717, 1.165) is 13.1 Å². The SMILES string of the molecule is NC(N)=NC(N)=NN1CC1. The third-order valence-electron chi connectivity index (χ3n) is 0.911. The summed E-state index contributed by atoms with van der Waals surface area (Å²) in [6.07, 6.45) is 0. The van der Waals surface area contributed by atoms with Crippen molar-refractivity contribution in [2.45, 2.75) is 0 Å². The molecule has 1 heterocycles. The zero-order valence-corrected chi connectivity index (χ0v) is 5.49. The van der Waals surface area contributed by atoms with Crippen molar-refractivity contribution in [1.29, 1.82) is 0 Å². The van der Waals surface area contributed by atoms with E-state index >= 15 is 0 Å².